The molecule has 0 amide bonds. The van der Waals surface area contributed by atoms with Crippen molar-refractivity contribution in [3.63, 3.8) is 0 Å². The number of rotatable bonds is 1. The summed E-state index contributed by atoms with van der Waals surface area (Å²) in [6.45, 7) is 0. The van der Waals surface area contributed by atoms with Crippen LogP contribution < -0.4 is 0 Å². The van der Waals surface area contributed by atoms with Crippen LogP contribution in [-0.4, -0.2) is 34.7 Å². The summed E-state index contributed by atoms with van der Waals surface area (Å²) in [5.74, 6) is -2.08. The van der Waals surface area contributed by atoms with Crippen LogP contribution in [0.2, 0.25) is 0 Å². The van der Waals surface area contributed by atoms with E-state index in [4.69, 9.17) is 0 Å². The highest BCUT2D eigenvalue weighted by Crippen LogP contribution is 2.54. The quantitative estimate of drug-likeness (QED) is 0.521. The van der Waals surface area contributed by atoms with Gasteiger partial charge in [0.05, 0.1) is 0 Å². The van der Waals surface area contributed by atoms with Gasteiger partial charge in [-0.1, -0.05) is 24.3 Å². The van der Waals surface area contributed by atoms with Gasteiger partial charge in [-0.3, -0.25) is 4.79 Å². The molecule has 1 atom stereocenters. The van der Waals surface area contributed by atoms with Crippen molar-refractivity contribution in [2.75, 3.05) is 11.5 Å². The Morgan fingerprint density at radius 2 is 1.65 bits per heavy atom. The lowest BCUT2D eigenvalue weighted by Gasteiger charge is -2.31. The lowest BCUT2D eigenvalue weighted by atomic mass is 9.95. The maximum Gasteiger partial charge on any atom is 0.454 e. The second kappa shape index (κ2) is 6.35. The zero-order valence-corrected chi connectivity index (χ0v) is 14.4. The van der Waals surface area contributed by atoms with Crippen molar-refractivity contribution >= 4 is 40.1 Å². The van der Waals surface area contributed by atoms with E-state index in [2.05, 4.69) is 0 Å². The van der Waals surface area contributed by atoms with E-state index >= 15 is 0 Å². The van der Waals surface area contributed by atoms with Crippen molar-refractivity contribution in [1.82, 2.24) is 0 Å². The molecule has 2 nitrogen and oxygen atoms in total. The maximum absolute atomic E-state index is 13.6. The topological polar surface area (TPSA) is 37.3 Å². The summed E-state index contributed by atoms with van der Waals surface area (Å²) in [6, 6.07) is 5.98. The molecule has 1 aliphatic heterocycles. The van der Waals surface area contributed by atoms with E-state index < -0.39 is 34.2 Å². The molecule has 1 heterocycles. The Morgan fingerprint density at radius 1 is 1.04 bits per heavy atom. The van der Waals surface area contributed by atoms with Crippen molar-refractivity contribution < 1.29 is 36.2 Å². The van der Waals surface area contributed by atoms with E-state index in [0.29, 0.717) is 6.07 Å². The number of hydrogen-bond donors (Lipinski definition) is 1. The maximum atomic E-state index is 13.6. The number of halogens is 6. The Hall–Kier alpha value is -1.39. The van der Waals surface area contributed by atoms with Gasteiger partial charge in [0.25, 0.3) is 5.78 Å². The molecular formula is C16H10F6O2S2. The molecule has 0 bridgehead atoms. The van der Waals surface area contributed by atoms with Gasteiger partial charge in [-0.25, -0.2) is 0 Å². The van der Waals surface area contributed by atoms with Crippen LogP contribution in [0.15, 0.2) is 35.2 Å². The molecule has 0 aliphatic carbocycles. The summed E-state index contributed by atoms with van der Waals surface area (Å²) in [7, 11) is 0. The van der Waals surface area contributed by atoms with Gasteiger partial charge in [0.1, 0.15) is 0 Å². The van der Waals surface area contributed by atoms with Crippen molar-refractivity contribution in [2.24, 2.45) is 0 Å². The summed E-state index contributed by atoms with van der Waals surface area (Å²) in [6.07, 6.45) is -10.4. The Morgan fingerprint density at radius 3 is 2.23 bits per heavy atom. The summed E-state index contributed by atoms with van der Waals surface area (Å²) in [4.78, 5) is 8.45. The standard InChI is InChI=1S/C16H10F6O2S2/c17-15(18,19)13(23)10-7-11-12(9-4-2-1-3-8(9)10)25-5-6-26-14(11,24)16(20,21)22/h1-4,7,24H,5-6H2. The second-order valence-electron chi connectivity index (χ2n) is 5.51. The zero-order chi connectivity index (χ0) is 19.3. The first-order chi connectivity index (χ1) is 12.0. The number of fused-ring (bicyclic) bond motifs is 3. The Bertz CT molecular complexity index is 877. The average Bonchev–Trinajstić information content (AvgIpc) is 2.72. The molecular weight excluding hydrogens is 402 g/mol. The third-order valence-electron chi connectivity index (χ3n) is 3.89. The summed E-state index contributed by atoms with van der Waals surface area (Å²) >= 11 is 1.20. The smallest absolute Gasteiger partial charge is 0.368 e. The molecule has 1 unspecified atom stereocenters. The second-order valence-corrected chi connectivity index (χ2v) is 7.90. The minimum absolute atomic E-state index is 0.0316. The molecule has 3 rings (SSSR count). The zero-order valence-electron chi connectivity index (χ0n) is 12.7. The van der Waals surface area contributed by atoms with E-state index in [9.17, 15) is 36.2 Å². The highest BCUT2D eigenvalue weighted by atomic mass is 32.2. The number of alkyl halides is 6. The minimum Gasteiger partial charge on any atom is -0.368 e. The van der Waals surface area contributed by atoms with E-state index in [1.54, 1.807) is 0 Å². The van der Waals surface area contributed by atoms with Crippen LogP contribution in [0.5, 0.6) is 0 Å². The SMILES string of the molecule is O=C(c1cc2c(c3ccccc13)SCCSC2(O)C(F)(F)F)C(F)(F)F. The van der Waals surface area contributed by atoms with Gasteiger partial charge in [-0.2, -0.15) is 26.3 Å². The molecule has 0 spiro atoms. The molecule has 0 fully saturated rings. The molecule has 2 aromatic carbocycles. The van der Waals surface area contributed by atoms with Gasteiger partial charge in [0, 0.05) is 27.5 Å². The molecule has 140 valence electrons. The molecule has 1 aliphatic rings. The average molecular weight is 412 g/mol. The molecule has 10 heteroatoms. The predicted octanol–water partition coefficient (Wildman–Crippen LogP) is 5.13. The third-order valence-corrected chi connectivity index (χ3v) is 6.56. The van der Waals surface area contributed by atoms with Gasteiger partial charge in [-0.15, -0.1) is 23.5 Å². The summed E-state index contributed by atoms with van der Waals surface area (Å²) in [5, 5.41) is 10.3. The van der Waals surface area contributed by atoms with Crippen LogP contribution >= 0.6 is 23.5 Å². The monoisotopic (exact) mass is 412 g/mol. The van der Waals surface area contributed by atoms with E-state index in [1.165, 1.54) is 24.3 Å². The number of Topliss-reactive ketones (excluding diaryl/α,β-unsaturated/α-hetero) is 1. The first-order valence-corrected chi connectivity index (χ1v) is 9.17. The number of benzene rings is 2. The number of hydrogen-bond acceptors (Lipinski definition) is 4. The fraction of sp³-hybridized carbons (Fsp3) is 0.312. The van der Waals surface area contributed by atoms with Gasteiger partial charge in [0.2, 0.25) is 4.93 Å². The minimum atomic E-state index is -5.25. The number of aliphatic hydroxyl groups is 1. The van der Waals surface area contributed by atoms with Gasteiger partial charge in [-0.05, 0) is 16.8 Å². The molecule has 2 aromatic rings. The van der Waals surface area contributed by atoms with Crippen molar-refractivity contribution in [1.29, 1.82) is 0 Å². The predicted molar refractivity (Wildman–Crippen MR) is 87.5 cm³/mol. The van der Waals surface area contributed by atoms with Gasteiger partial charge >= 0.3 is 12.4 Å². The van der Waals surface area contributed by atoms with Crippen LogP contribution in [0, 0.1) is 0 Å². The molecule has 0 saturated carbocycles. The Labute approximate surface area is 151 Å². The highest BCUT2D eigenvalue weighted by Gasteiger charge is 2.57. The van der Waals surface area contributed by atoms with E-state index in [1.807, 2.05) is 0 Å². The first-order valence-electron chi connectivity index (χ1n) is 7.20. The normalized spacial score (nSPS) is 21.3. The van der Waals surface area contributed by atoms with Crippen LogP contribution in [0.4, 0.5) is 26.3 Å². The number of thioether (sulfide) groups is 2. The van der Waals surface area contributed by atoms with Crippen molar-refractivity contribution in [2.45, 2.75) is 22.2 Å². The van der Waals surface area contributed by atoms with E-state index in [0.717, 1.165) is 11.8 Å². The molecule has 0 radical (unpaired) electrons. The summed E-state index contributed by atoms with van der Waals surface area (Å²) in [5.41, 5.74) is -1.64. The Kier molecular flexibility index (Phi) is 4.73. The largest absolute Gasteiger partial charge is 0.454 e. The number of carbonyl (C=O) groups excluding carboxylic acids is 1. The van der Waals surface area contributed by atoms with Gasteiger partial charge < -0.3 is 5.11 Å². The molecule has 0 saturated heterocycles. The summed E-state index contributed by atoms with van der Waals surface area (Å²) < 4.78 is 79.6. The Balaban J connectivity index is 2.41. The lowest BCUT2D eigenvalue weighted by molar-refractivity contribution is -0.225. The molecule has 1 N–H and O–H groups in total. The number of ketones is 1. The fourth-order valence-corrected chi connectivity index (χ4v) is 5.15. The third kappa shape index (κ3) is 3.07. The van der Waals surface area contributed by atoms with E-state index in [-0.39, 0.29) is 38.9 Å². The van der Waals surface area contributed by atoms with Crippen molar-refractivity contribution in [3.8, 4) is 0 Å². The van der Waals surface area contributed by atoms with Crippen LogP contribution in [-0.2, 0) is 4.93 Å². The van der Waals surface area contributed by atoms with Crippen LogP contribution in [0.1, 0.15) is 15.9 Å². The van der Waals surface area contributed by atoms with Crippen LogP contribution in [0.25, 0.3) is 10.8 Å². The van der Waals surface area contributed by atoms with Crippen molar-refractivity contribution in [3.05, 3.63) is 41.5 Å². The molecule has 26 heavy (non-hydrogen) atoms. The lowest BCUT2D eigenvalue weighted by Crippen LogP contribution is -2.40. The first kappa shape index (κ1) is 19.4. The van der Waals surface area contributed by atoms with Crippen LogP contribution in [0.3, 0.4) is 0 Å². The number of carbonyl (C=O) groups is 1. The molecule has 0 aromatic heterocycles. The fourth-order valence-electron chi connectivity index (χ4n) is 2.74. The highest BCUT2D eigenvalue weighted by molar-refractivity contribution is 8.04. The van der Waals surface area contributed by atoms with Gasteiger partial charge in [0.15, 0.2) is 0 Å².